The first kappa shape index (κ1) is 12.0. The van der Waals surface area contributed by atoms with Gasteiger partial charge < -0.3 is 9.67 Å². The van der Waals surface area contributed by atoms with Crippen LogP contribution < -0.4 is 5.56 Å². The van der Waals surface area contributed by atoms with E-state index in [1.165, 1.54) is 16.8 Å². The molecule has 0 aliphatic rings. The summed E-state index contributed by atoms with van der Waals surface area (Å²) in [5.41, 5.74) is 1.12. The molecule has 0 aliphatic carbocycles. The first-order valence-corrected chi connectivity index (χ1v) is 5.43. The zero-order chi connectivity index (χ0) is 13.1. The maximum Gasteiger partial charge on any atom is 0.354 e. The van der Waals surface area contributed by atoms with Crippen molar-refractivity contribution in [2.45, 2.75) is 13.5 Å². The van der Waals surface area contributed by atoms with Crippen LogP contribution in [0.15, 0.2) is 41.3 Å². The van der Waals surface area contributed by atoms with Gasteiger partial charge in [-0.3, -0.25) is 4.79 Å². The van der Waals surface area contributed by atoms with Crippen LogP contribution in [0.4, 0.5) is 0 Å². The zero-order valence-electron chi connectivity index (χ0n) is 9.83. The molecule has 0 saturated heterocycles. The Labute approximate surface area is 103 Å². The second-order valence-corrected chi connectivity index (χ2v) is 3.91. The quantitative estimate of drug-likeness (QED) is 0.883. The lowest BCUT2D eigenvalue weighted by atomic mass is 10.2. The number of pyridine rings is 2. The Kier molecular flexibility index (Phi) is 3.23. The summed E-state index contributed by atoms with van der Waals surface area (Å²) in [6.45, 7) is 2.01. The summed E-state index contributed by atoms with van der Waals surface area (Å²) < 4.78 is 1.52. The van der Waals surface area contributed by atoms with Crippen molar-refractivity contribution in [1.29, 1.82) is 0 Å². The number of carboxylic acid groups (broad SMARTS) is 1. The SMILES string of the molecule is Cc1cccc(=O)n1Cc1cccnc1C(=O)O. The van der Waals surface area contributed by atoms with Crippen molar-refractivity contribution in [3.63, 3.8) is 0 Å². The van der Waals surface area contributed by atoms with E-state index in [-0.39, 0.29) is 17.8 Å². The first-order chi connectivity index (χ1) is 8.59. The smallest absolute Gasteiger partial charge is 0.354 e. The van der Waals surface area contributed by atoms with Gasteiger partial charge in [0.2, 0.25) is 0 Å². The summed E-state index contributed by atoms with van der Waals surface area (Å²) in [6, 6.07) is 8.25. The maximum absolute atomic E-state index is 11.7. The molecule has 0 spiro atoms. The van der Waals surface area contributed by atoms with Gasteiger partial charge in [0, 0.05) is 23.5 Å². The van der Waals surface area contributed by atoms with E-state index in [1.54, 1.807) is 31.2 Å². The Morgan fingerprint density at radius 3 is 2.78 bits per heavy atom. The second-order valence-electron chi connectivity index (χ2n) is 3.91. The highest BCUT2D eigenvalue weighted by atomic mass is 16.4. The molecule has 0 fully saturated rings. The number of aromatic carboxylic acids is 1. The Morgan fingerprint density at radius 1 is 1.33 bits per heavy atom. The average molecular weight is 244 g/mol. The Bertz CT molecular complexity index is 647. The molecule has 0 aliphatic heterocycles. The molecule has 0 atom stereocenters. The Hall–Kier alpha value is -2.43. The van der Waals surface area contributed by atoms with Gasteiger partial charge in [0.1, 0.15) is 0 Å². The van der Waals surface area contributed by atoms with E-state index < -0.39 is 5.97 Å². The number of nitrogens with zero attached hydrogens (tertiary/aromatic N) is 2. The van der Waals surface area contributed by atoms with Crippen LogP contribution in [-0.4, -0.2) is 20.6 Å². The summed E-state index contributed by atoms with van der Waals surface area (Å²) in [6.07, 6.45) is 1.42. The molecule has 0 saturated carbocycles. The predicted molar refractivity (Wildman–Crippen MR) is 65.7 cm³/mol. The summed E-state index contributed by atoms with van der Waals surface area (Å²) in [7, 11) is 0. The maximum atomic E-state index is 11.7. The van der Waals surface area contributed by atoms with Crippen molar-refractivity contribution in [3.8, 4) is 0 Å². The van der Waals surface area contributed by atoms with E-state index in [9.17, 15) is 9.59 Å². The number of carboxylic acids is 1. The molecule has 2 heterocycles. The zero-order valence-corrected chi connectivity index (χ0v) is 9.83. The van der Waals surface area contributed by atoms with Gasteiger partial charge in [-0.2, -0.15) is 0 Å². The molecule has 0 amide bonds. The van der Waals surface area contributed by atoms with Gasteiger partial charge in [-0.25, -0.2) is 9.78 Å². The normalized spacial score (nSPS) is 10.3. The van der Waals surface area contributed by atoms with Gasteiger partial charge in [-0.05, 0) is 19.1 Å². The molecule has 0 aromatic carbocycles. The third-order valence-electron chi connectivity index (χ3n) is 2.69. The lowest BCUT2D eigenvalue weighted by Gasteiger charge is -2.10. The van der Waals surface area contributed by atoms with E-state index in [0.717, 1.165) is 5.69 Å². The Morgan fingerprint density at radius 2 is 2.11 bits per heavy atom. The molecular weight excluding hydrogens is 232 g/mol. The van der Waals surface area contributed by atoms with Crippen LogP contribution in [0.1, 0.15) is 21.7 Å². The Balaban J connectivity index is 2.47. The molecule has 0 unspecified atom stereocenters. The molecule has 18 heavy (non-hydrogen) atoms. The summed E-state index contributed by atoms with van der Waals surface area (Å²) >= 11 is 0. The van der Waals surface area contributed by atoms with E-state index in [2.05, 4.69) is 4.98 Å². The molecule has 5 heteroatoms. The van der Waals surface area contributed by atoms with Crippen molar-refractivity contribution in [2.75, 3.05) is 0 Å². The van der Waals surface area contributed by atoms with Gasteiger partial charge in [0.05, 0.1) is 6.54 Å². The fraction of sp³-hybridized carbons (Fsp3) is 0.154. The molecule has 5 nitrogen and oxygen atoms in total. The predicted octanol–water partition coefficient (Wildman–Crippen LogP) is 1.30. The van der Waals surface area contributed by atoms with Crippen LogP contribution in [0.3, 0.4) is 0 Å². The average Bonchev–Trinajstić information content (AvgIpc) is 2.34. The minimum absolute atomic E-state index is 0.0207. The van der Waals surface area contributed by atoms with E-state index in [0.29, 0.717) is 5.56 Å². The lowest BCUT2D eigenvalue weighted by Crippen LogP contribution is -2.22. The van der Waals surface area contributed by atoms with Crippen molar-refractivity contribution in [3.05, 3.63) is 63.8 Å². The molecule has 2 aromatic heterocycles. The third kappa shape index (κ3) is 2.29. The summed E-state index contributed by atoms with van der Waals surface area (Å²) in [4.78, 5) is 26.6. The van der Waals surface area contributed by atoms with Gasteiger partial charge in [-0.15, -0.1) is 0 Å². The summed E-state index contributed by atoms with van der Waals surface area (Å²) in [5.74, 6) is -1.09. The molecule has 92 valence electrons. The van der Waals surface area contributed by atoms with E-state index >= 15 is 0 Å². The van der Waals surface area contributed by atoms with Gasteiger partial charge in [0.15, 0.2) is 5.69 Å². The van der Waals surface area contributed by atoms with Gasteiger partial charge in [0.25, 0.3) is 5.56 Å². The van der Waals surface area contributed by atoms with E-state index in [1.807, 2.05) is 0 Å². The van der Waals surface area contributed by atoms with Crippen molar-refractivity contribution >= 4 is 5.97 Å². The molecule has 2 aromatic rings. The summed E-state index contributed by atoms with van der Waals surface area (Å²) in [5, 5.41) is 9.03. The number of carbonyl (C=O) groups is 1. The topological polar surface area (TPSA) is 72.2 Å². The molecule has 0 bridgehead atoms. The molecule has 1 N–H and O–H groups in total. The monoisotopic (exact) mass is 244 g/mol. The van der Waals surface area contributed by atoms with Gasteiger partial charge in [-0.1, -0.05) is 12.1 Å². The lowest BCUT2D eigenvalue weighted by molar-refractivity contribution is 0.0689. The fourth-order valence-corrected chi connectivity index (χ4v) is 1.76. The highest BCUT2D eigenvalue weighted by Crippen LogP contribution is 2.08. The third-order valence-corrected chi connectivity index (χ3v) is 2.69. The van der Waals surface area contributed by atoms with Crippen molar-refractivity contribution in [2.24, 2.45) is 0 Å². The molecule has 2 rings (SSSR count). The number of aryl methyl sites for hydroxylation is 1. The van der Waals surface area contributed by atoms with Crippen LogP contribution in [0.2, 0.25) is 0 Å². The molecule has 0 radical (unpaired) electrons. The van der Waals surface area contributed by atoms with Crippen molar-refractivity contribution in [1.82, 2.24) is 9.55 Å². The standard InChI is InChI=1S/C13H12N2O3/c1-9-4-2-6-11(16)15(9)8-10-5-3-7-14-12(10)13(17)18/h2-7H,8H2,1H3,(H,17,18). The largest absolute Gasteiger partial charge is 0.477 e. The van der Waals surface area contributed by atoms with Crippen LogP contribution in [0.5, 0.6) is 0 Å². The van der Waals surface area contributed by atoms with Crippen molar-refractivity contribution < 1.29 is 9.90 Å². The van der Waals surface area contributed by atoms with Gasteiger partial charge >= 0.3 is 5.97 Å². The van der Waals surface area contributed by atoms with Crippen LogP contribution in [-0.2, 0) is 6.54 Å². The number of hydrogen-bond donors (Lipinski definition) is 1. The van der Waals surface area contributed by atoms with E-state index in [4.69, 9.17) is 5.11 Å². The van der Waals surface area contributed by atoms with Crippen LogP contribution in [0, 0.1) is 6.92 Å². The van der Waals surface area contributed by atoms with Crippen LogP contribution >= 0.6 is 0 Å². The second kappa shape index (κ2) is 4.83. The number of rotatable bonds is 3. The number of hydrogen-bond acceptors (Lipinski definition) is 3. The molecular formula is C13H12N2O3. The fourth-order valence-electron chi connectivity index (χ4n) is 1.76. The van der Waals surface area contributed by atoms with Crippen LogP contribution in [0.25, 0.3) is 0 Å². The minimum atomic E-state index is -1.09. The highest BCUT2D eigenvalue weighted by Gasteiger charge is 2.12. The first-order valence-electron chi connectivity index (χ1n) is 5.43. The highest BCUT2D eigenvalue weighted by molar-refractivity contribution is 5.86. The number of aromatic nitrogens is 2. The minimum Gasteiger partial charge on any atom is -0.477 e.